The molecule has 2 heterocycles. The molecule has 1 fully saturated rings. The van der Waals surface area contributed by atoms with Crippen molar-refractivity contribution in [2.24, 2.45) is 5.92 Å². The molecule has 172 valence electrons. The number of carboxylic acids is 1. The number of nitrogens with zero attached hydrogens (tertiary/aromatic N) is 1. The van der Waals surface area contributed by atoms with Crippen molar-refractivity contribution in [2.45, 2.75) is 51.8 Å². The summed E-state index contributed by atoms with van der Waals surface area (Å²) >= 11 is 1.47. The van der Waals surface area contributed by atoms with Crippen LogP contribution in [0.25, 0.3) is 0 Å². The Morgan fingerprint density at radius 1 is 1.25 bits per heavy atom. The number of carboxylic acid groups (broad SMARTS) is 1. The first-order valence-electron chi connectivity index (χ1n) is 10.4. The van der Waals surface area contributed by atoms with Crippen molar-refractivity contribution in [3.63, 3.8) is 0 Å². The van der Waals surface area contributed by atoms with E-state index in [0.717, 1.165) is 24.8 Å². The summed E-state index contributed by atoms with van der Waals surface area (Å²) in [5.41, 5.74) is 1.52. The number of hydrogen-bond acceptors (Lipinski definition) is 7. The van der Waals surface area contributed by atoms with E-state index < -0.39 is 18.1 Å². The van der Waals surface area contributed by atoms with Crippen molar-refractivity contribution < 1.29 is 33.7 Å². The second-order valence-corrected chi connectivity index (χ2v) is 9.04. The smallest absolute Gasteiger partial charge is 0.332 e. The minimum absolute atomic E-state index is 0.0556. The van der Waals surface area contributed by atoms with Gasteiger partial charge in [-0.15, -0.1) is 11.3 Å². The van der Waals surface area contributed by atoms with Gasteiger partial charge in [0.05, 0.1) is 6.04 Å². The number of halogens is 1. The second kappa shape index (κ2) is 10.3. The molecule has 1 aliphatic heterocycles. The Morgan fingerprint density at radius 2 is 1.91 bits per heavy atom. The lowest BCUT2D eigenvalue weighted by molar-refractivity contribution is -0.145. The number of Topliss-reactive ketones (excluding diaryl/α,β-unsaturated/α-hetero) is 1. The summed E-state index contributed by atoms with van der Waals surface area (Å²) in [6, 6.07) is 7.89. The van der Waals surface area contributed by atoms with Crippen LogP contribution in [0.5, 0.6) is 5.06 Å². The number of aliphatic carboxylic acids is 1. The lowest BCUT2D eigenvalue weighted by Gasteiger charge is -2.34. The van der Waals surface area contributed by atoms with Crippen molar-refractivity contribution >= 4 is 29.1 Å². The maximum absolute atomic E-state index is 14.4. The van der Waals surface area contributed by atoms with Gasteiger partial charge in [0.1, 0.15) is 11.9 Å². The van der Waals surface area contributed by atoms with E-state index in [2.05, 4.69) is 4.90 Å². The largest absolute Gasteiger partial charge is 0.479 e. The maximum atomic E-state index is 14.4. The molecular formula is C23H26FNO6S. The van der Waals surface area contributed by atoms with Gasteiger partial charge in [0, 0.05) is 36.4 Å². The summed E-state index contributed by atoms with van der Waals surface area (Å²) in [5.74, 6) is -1.68. The van der Waals surface area contributed by atoms with Crippen LogP contribution in [0.4, 0.5) is 4.39 Å². The molecule has 1 aromatic carbocycles. The molecule has 2 N–H and O–H groups in total. The van der Waals surface area contributed by atoms with Gasteiger partial charge in [-0.1, -0.05) is 18.2 Å². The molecule has 7 nitrogen and oxygen atoms in total. The number of ketones is 1. The van der Waals surface area contributed by atoms with Crippen LogP contribution >= 0.6 is 11.3 Å². The number of fused-ring (bicyclic) bond motifs is 1. The summed E-state index contributed by atoms with van der Waals surface area (Å²) in [6.45, 7) is 3.82. The van der Waals surface area contributed by atoms with E-state index >= 15 is 0 Å². The first-order chi connectivity index (χ1) is 15.2. The Hall–Kier alpha value is -2.62. The minimum Gasteiger partial charge on any atom is -0.479 e. The molecule has 2 aliphatic rings. The van der Waals surface area contributed by atoms with Gasteiger partial charge in [-0.25, -0.2) is 9.18 Å². The Morgan fingerprint density at radius 3 is 2.47 bits per heavy atom. The molecule has 0 radical (unpaired) electrons. The molecule has 2 aromatic rings. The SMILES string of the molecule is CC(=O)Oc1cc2c(s1)CCN(C(C(=O)C1CC1)c1ccccc1F)C2.CC(O)C(=O)O. The standard InChI is InChI=1S/C20H20FNO3S.C3H6O3/c1-12(23)25-18-10-14-11-22(9-8-17(14)26-18)19(20(24)13-6-7-13)15-4-2-3-5-16(15)21;1-2(4)3(5)6/h2-5,10,13,19H,6-9,11H2,1H3;2,4H,1H3,(H,5,6). The highest BCUT2D eigenvalue weighted by atomic mass is 32.1. The number of hydrogen-bond donors (Lipinski definition) is 2. The van der Waals surface area contributed by atoms with Crippen LogP contribution in [-0.4, -0.2) is 45.5 Å². The Bertz CT molecular complexity index is 1000. The fourth-order valence-corrected chi connectivity index (χ4v) is 4.61. The van der Waals surface area contributed by atoms with E-state index in [4.69, 9.17) is 14.9 Å². The monoisotopic (exact) mass is 463 g/mol. The minimum atomic E-state index is -1.23. The molecule has 4 rings (SSSR count). The number of carbonyl (C=O) groups excluding carboxylic acids is 2. The number of aliphatic hydroxyl groups excluding tert-OH is 1. The molecule has 1 saturated carbocycles. The lowest BCUT2D eigenvalue weighted by Crippen LogP contribution is -2.38. The molecule has 32 heavy (non-hydrogen) atoms. The zero-order chi connectivity index (χ0) is 23.4. The fraction of sp³-hybridized carbons (Fsp3) is 0.435. The Kier molecular flexibility index (Phi) is 7.76. The third-order valence-electron chi connectivity index (χ3n) is 5.29. The first kappa shape index (κ1) is 24.0. The van der Waals surface area contributed by atoms with Gasteiger partial charge < -0.3 is 14.9 Å². The molecule has 2 unspecified atom stereocenters. The number of rotatable bonds is 6. The number of thiophene rings is 1. The van der Waals surface area contributed by atoms with Crippen molar-refractivity contribution in [2.75, 3.05) is 6.54 Å². The predicted octanol–water partition coefficient (Wildman–Crippen LogP) is 3.34. The van der Waals surface area contributed by atoms with E-state index in [1.54, 1.807) is 18.2 Å². The van der Waals surface area contributed by atoms with Gasteiger partial charge in [0.25, 0.3) is 0 Å². The number of benzene rings is 1. The van der Waals surface area contributed by atoms with Crippen LogP contribution in [0.3, 0.4) is 0 Å². The fourth-order valence-electron chi connectivity index (χ4n) is 3.56. The summed E-state index contributed by atoms with van der Waals surface area (Å²) in [4.78, 5) is 36.8. The predicted molar refractivity (Wildman–Crippen MR) is 116 cm³/mol. The molecule has 0 amide bonds. The third kappa shape index (κ3) is 5.99. The van der Waals surface area contributed by atoms with Crippen LogP contribution in [0.15, 0.2) is 30.3 Å². The van der Waals surface area contributed by atoms with E-state index in [1.165, 1.54) is 36.1 Å². The summed E-state index contributed by atoms with van der Waals surface area (Å²) < 4.78 is 19.6. The van der Waals surface area contributed by atoms with E-state index in [1.807, 2.05) is 6.07 Å². The van der Waals surface area contributed by atoms with Gasteiger partial charge >= 0.3 is 11.9 Å². The van der Waals surface area contributed by atoms with Crippen molar-refractivity contribution in [1.82, 2.24) is 4.90 Å². The molecule has 2 atom stereocenters. The number of esters is 1. The van der Waals surface area contributed by atoms with Crippen LogP contribution in [0.1, 0.15) is 48.7 Å². The zero-order valence-electron chi connectivity index (χ0n) is 17.9. The lowest BCUT2D eigenvalue weighted by atomic mass is 9.95. The quantitative estimate of drug-likeness (QED) is 0.633. The number of ether oxygens (including phenoxy) is 1. The van der Waals surface area contributed by atoms with E-state index in [0.29, 0.717) is 23.7 Å². The molecule has 0 saturated heterocycles. The summed E-state index contributed by atoms with van der Waals surface area (Å²) in [6.07, 6.45) is 1.34. The van der Waals surface area contributed by atoms with Crippen molar-refractivity contribution in [1.29, 1.82) is 0 Å². The van der Waals surface area contributed by atoms with Crippen LogP contribution < -0.4 is 4.74 Å². The summed E-state index contributed by atoms with van der Waals surface area (Å²) in [7, 11) is 0. The number of aliphatic hydroxyl groups is 1. The van der Waals surface area contributed by atoms with Crippen molar-refractivity contribution in [3.05, 3.63) is 52.2 Å². The topological polar surface area (TPSA) is 104 Å². The van der Waals surface area contributed by atoms with E-state index in [-0.39, 0.29) is 23.5 Å². The molecular weight excluding hydrogens is 437 g/mol. The van der Waals surface area contributed by atoms with Crippen LogP contribution in [-0.2, 0) is 27.3 Å². The van der Waals surface area contributed by atoms with Crippen LogP contribution in [0.2, 0.25) is 0 Å². The van der Waals surface area contributed by atoms with Gasteiger partial charge in [0.2, 0.25) is 0 Å². The Balaban J connectivity index is 0.000000427. The molecule has 1 aliphatic carbocycles. The maximum Gasteiger partial charge on any atom is 0.332 e. The Labute approximate surface area is 189 Å². The van der Waals surface area contributed by atoms with Gasteiger partial charge in [0.15, 0.2) is 10.8 Å². The van der Waals surface area contributed by atoms with Gasteiger partial charge in [-0.2, -0.15) is 0 Å². The van der Waals surface area contributed by atoms with Crippen LogP contribution in [0, 0.1) is 11.7 Å². The van der Waals surface area contributed by atoms with E-state index in [9.17, 15) is 18.8 Å². The first-order valence-corrected chi connectivity index (χ1v) is 11.2. The average molecular weight is 464 g/mol. The normalized spacial score (nSPS) is 17.4. The zero-order valence-corrected chi connectivity index (χ0v) is 18.7. The highest BCUT2D eigenvalue weighted by Crippen LogP contribution is 2.41. The highest BCUT2D eigenvalue weighted by molar-refractivity contribution is 7.14. The molecule has 1 aromatic heterocycles. The average Bonchev–Trinajstić information content (AvgIpc) is 3.50. The highest BCUT2D eigenvalue weighted by Gasteiger charge is 2.40. The summed E-state index contributed by atoms with van der Waals surface area (Å²) in [5, 5.41) is 16.4. The molecule has 0 spiro atoms. The number of carbonyl (C=O) groups is 3. The molecule has 0 bridgehead atoms. The van der Waals surface area contributed by atoms with Crippen molar-refractivity contribution in [3.8, 4) is 5.06 Å². The second-order valence-electron chi connectivity index (χ2n) is 7.94. The van der Waals surface area contributed by atoms with Gasteiger partial charge in [-0.05, 0) is 43.9 Å². The molecule has 9 heteroatoms. The van der Waals surface area contributed by atoms with Gasteiger partial charge in [-0.3, -0.25) is 14.5 Å². The third-order valence-corrected chi connectivity index (χ3v) is 6.40.